The van der Waals surface area contributed by atoms with E-state index in [9.17, 15) is 4.79 Å². The number of aliphatic carboxylic acids is 1. The third kappa shape index (κ3) is 5.47. The maximum absolute atomic E-state index is 10.6. The van der Waals surface area contributed by atoms with E-state index < -0.39 is 5.97 Å². The summed E-state index contributed by atoms with van der Waals surface area (Å²) in [6, 6.07) is 0. The number of piperidine rings is 1. The first-order chi connectivity index (χ1) is 7.72. The average molecular weight is 228 g/mol. The predicted octanol–water partition coefficient (Wildman–Crippen LogP) is 1.17. The van der Waals surface area contributed by atoms with Crippen molar-refractivity contribution < 1.29 is 9.90 Å². The van der Waals surface area contributed by atoms with E-state index >= 15 is 0 Å². The molecule has 0 amide bonds. The van der Waals surface area contributed by atoms with Gasteiger partial charge < -0.3 is 15.3 Å². The van der Waals surface area contributed by atoms with E-state index in [1.807, 2.05) is 0 Å². The monoisotopic (exact) mass is 228 g/mol. The summed E-state index contributed by atoms with van der Waals surface area (Å²) in [7, 11) is 0. The molecule has 16 heavy (non-hydrogen) atoms. The maximum atomic E-state index is 10.6. The first kappa shape index (κ1) is 13.5. The van der Waals surface area contributed by atoms with E-state index in [0.717, 1.165) is 38.5 Å². The molecular weight excluding hydrogens is 204 g/mol. The van der Waals surface area contributed by atoms with Crippen molar-refractivity contribution in [3.8, 4) is 0 Å². The summed E-state index contributed by atoms with van der Waals surface area (Å²) in [5.41, 5.74) is 0. The molecule has 1 saturated heterocycles. The molecule has 0 aromatic rings. The van der Waals surface area contributed by atoms with E-state index in [2.05, 4.69) is 17.1 Å². The second-order valence-corrected chi connectivity index (χ2v) is 4.64. The number of carbonyl (C=O) groups is 1. The van der Waals surface area contributed by atoms with E-state index in [1.165, 1.54) is 12.8 Å². The Morgan fingerprint density at radius 1 is 1.38 bits per heavy atom. The van der Waals surface area contributed by atoms with E-state index in [-0.39, 0.29) is 6.42 Å². The van der Waals surface area contributed by atoms with Crippen molar-refractivity contribution >= 4 is 5.97 Å². The molecule has 4 nitrogen and oxygen atoms in total. The Morgan fingerprint density at radius 3 is 2.62 bits per heavy atom. The molecule has 0 aromatic carbocycles. The maximum Gasteiger partial charge on any atom is 0.304 e. The van der Waals surface area contributed by atoms with Gasteiger partial charge in [-0.05, 0) is 44.8 Å². The highest BCUT2D eigenvalue weighted by Crippen LogP contribution is 2.13. The normalized spacial score (nSPS) is 17.9. The first-order valence-corrected chi connectivity index (χ1v) is 6.37. The molecule has 1 aliphatic rings. The standard InChI is InChI=1S/C12H24N2O2/c1-2-8-14(9-5-12(15)16)10-11-3-6-13-7-4-11/h11,13H,2-10H2,1H3,(H,15,16). The van der Waals surface area contributed by atoms with Gasteiger partial charge in [0.2, 0.25) is 0 Å². The van der Waals surface area contributed by atoms with Gasteiger partial charge >= 0.3 is 5.97 Å². The number of hydrogen-bond acceptors (Lipinski definition) is 3. The van der Waals surface area contributed by atoms with Crippen molar-refractivity contribution in [2.45, 2.75) is 32.6 Å². The molecule has 94 valence electrons. The van der Waals surface area contributed by atoms with Gasteiger partial charge in [0.1, 0.15) is 0 Å². The molecule has 1 heterocycles. The summed E-state index contributed by atoms with van der Waals surface area (Å²) in [6.45, 7) is 7.18. The number of hydrogen-bond donors (Lipinski definition) is 2. The lowest BCUT2D eigenvalue weighted by Gasteiger charge is -2.29. The lowest BCUT2D eigenvalue weighted by molar-refractivity contribution is -0.137. The molecule has 2 N–H and O–H groups in total. The highest BCUT2D eigenvalue weighted by molar-refractivity contribution is 5.66. The smallest absolute Gasteiger partial charge is 0.304 e. The number of nitrogens with one attached hydrogen (secondary N) is 1. The number of nitrogens with zero attached hydrogens (tertiary/aromatic N) is 1. The highest BCUT2D eigenvalue weighted by atomic mass is 16.4. The summed E-state index contributed by atoms with van der Waals surface area (Å²) in [5, 5.41) is 12.1. The molecule has 0 aliphatic carbocycles. The fraction of sp³-hybridized carbons (Fsp3) is 0.917. The summed E-state index contributed by atoms with van der Waals surface area (Å²) < 4.78 is 0. The predicted molar refractivity (Wildman–Crippen MR) is 64.6 cm³/mol. The minimum absolute atomic E-state index is 0.269. The van der Waals surface area contributed by atoms with Crippen LogP contribution in [0.5, 0.6) is 0 Å². The Bertz CT molecular complexity index is 203. The third-order valence-electron chi connectivity index (χ3n) is 3.16. The third-order valence-corrected chi connectivity index (χ3v) is 3.16. The van der Waals surface area contributed by atoms with Gasteiger partial charge in [-0.1, -0.05) is 6.92 Å². The quantitative estimate of drug-likeness (QED) is 0.687. The van der Waals surface area contributed by atoms with Crippen molar-refractivity contribution in [2.24, 2.45) is 5.92 Å². The zero-order valence-electron chi connectivity index (χ0n) is 10.2. The van der Waals surface area contributed by atoms with Crippen LogP contribution in [-0.4, -0.2) is 48.7 Å². The van der Waals surface area contributed by atoms with Crippen molar-refractivity contribution in [3.63, 3.8) is 0 Å². The topological polar surface area (TPSA) is 52.6 Å². The largest absolute Gasteiger partial charge is 0.481 e. The molecule has 4 heteroatoms. The minimum atomic E-state index is -0.689. The SMILES string of the molecule is CCCN(CCC(=O)O)CC1CCNCC1. The van der Waals surface area contributed by atoms with Crippen LogP contribution in [0.2, 0.25) is 0 Å². The molecule has 1 rings (SSSR count). The van der Waals surface area contributed by atoms with Crippen LogP contribution >= 0.6 is 0 Å². The molecular formula is C12H24N2O2. The lowest BCUT2D eigenvalue weighted by atomic mass is 9.97. The average Bonchev–Trinajstić information content (AvgIpc) is 2.27. The van der Waals surface area contributed by atoms with Crippen LogP contribution in [0.25, 0.3) is 0 Å². The summed E-state index contributed by atoms with van der Waals surface area (Å²) >= 11 is 0. The molecule has 0 unspecified atom stereocenters. The molecule has 1 fully saturated rings. The van der Waals surface area contributed by atoms with Gasteiger partial charge in [-0.3, -0.25) is 4.79 Å². The van der Waals surface area contributed by atoms with Gasteiger partial charge in [0.05, 0.1) is 6.42 Å². The lowest BCUT2D eigenvalue weighted by Crippen LogP contribution is -2.37. The molecule has 0 atom stereocenters. The van der Waals surface area contributed by atoms with Gasteiger partial charge in [0, 0.05) is 13.1 Å². The summed E-state index contributed by atoms with van der Waals surface area (Å²) in [4.78, 5) is 12.9. The molecule has 0 bridgehead atoms. The molecule has 0 spiro atoms. The van der Waals surface area contributed by atoms with Crippen LogP contribution < -0.4 is 5.32 Å². The Balaban J connectivity index is 2.27. The summed E-state index contributed by atoms with van der Waals surface area (Å²) in [6.07, 6.45) is 3.83. The Kier molecular flexibility index (Phi) is 6.42. The van der Waals surface area contributed by atoms with Gasteiger partial charge in [-0.2, -0.15) is 0 Å². The Hall–Kier alpha value is -0.610. The molecule has 1 aliphatic heterocycles. The molecule has 0 saturated carbocycles. The van der Waals surface area contributed by atoms with Gasteiger partial charge in [0.15, 0.2) is 0 Å². The van der Waals surface area contributed by atoms with E-state index in [1.54, 1.807) is 0 Å². The number of carboxylic acid groups (broad SMARTS) is 1. The molecule has 0 radical (unpaired) electrons. The van der Waals surface area contributed by atoms with Crippen LogP contribution in [0.3, 0.4) is 0 Å². The first-order valence-electron chi connectivity index (χ1n) is 6.37. The van der Waals surface area contributed by atoms with Crippen molar-refractivity contribution in [1.29, 1.82) is 0 Å². The zero-order chi connectivity index (χ0) is 11.8. The second-order valence-electron chi connectivity index (χ2n) is 4.64. The van der Waals surface area contributed by atoms with Gasteiger partial charge in [0.25, 0.3) is 0 Å². The summed E-state index contributed by atoms with van der Waals surface area (Å²) in [5.74, 6) is 0.0630. The van der Waals surface area contributed by atoms with Crippen molar-refractivity contribution in [1.82, 2.24) is 10.2 Å². The van der Waals surface area contributed by atoms with Crippen molar-refractivity contribution in [2.75, 3.05) is 32.7 Å². The van der Waals surface area contributed by atoms with Gasteiger partial charge in [-0.15, -0.1) is 0 Å². The van der Waals surface area contributed by atoms with Gasteiger partial charge in [-0.25, -0.2) is 0 Å². The van der Waals surface area contributed by atoms with E-state index in [0.29, 0.717) is 6.54 Å². The fourth-order valence-corrected chi connectivity index (χ4v) is 2.29. The van der Waals surface area contributed by atoms with Crippen molar-refractivity contribution in [3.05, 3.63) is 0 Å². The molecule has 0 aromatic heterocycles. The zero-order valence-corrected chi connectivity index (χ0v) is 10.2. The second kappa shape index (κ2) is 7.63. The van der Waals surface area contributed by atoms with Crippen LogP contribution in [-0.2, 0) is 4.79 Å². The van der Waals surface area contributed by atoms with Crippen LogP contribution in [0.4, 0.5) is 0 Å². The highest BCUT2D eigenvalue weighted by Gasteiger charge is 2.16. The van der Waals surface area contributed by atoms with Crippen LogP contribution in [0.1, 0.15) is 32.6 Å². The Labute approximate surface area is 98.0 Å². The van der Waals surface area contributed by atoms with Crippen LogP contribution in [0.15, 0.2) is 0 Å². The Morgan fingerprint density at radius 2 is 2.06 bits per heavy atom. The number of rotatable bonds is 7. The van der Waals surface area contributed by atoms with Crippen LogP contribution in [0, 0.1) is 5.92 Å². The fourth-order valence-electron chi connectivity index (χ4n) is 2.29. The van der Waals surface area contributed by atoms with E-state index in [4.69, 9.17) is 5.11 Å². The number of carboxylic acids is 1. The minimum Gasteiger partial charge on any atom is -0.481 e.